The van der Waals surface area contributed by atoms with Crippen LogP contribution in [0.15, 0.2) is 42.6 Å². The fourth-order valence-electron chi connectivity index (χ4n) is 1.50. The van der Waals surface area contributed by atoms with Crippen molar-refractivity contribution in [3.8, 4) is 0 Å². The molecule has 0 bridgehead atoms. The van der Waals surface area contributed by atoms with Crippen molar-refractivity contribution in [1.82, 2.24) is 9.97 Å². The van der Waals surface area contributed by atoms with Gasteiger partial charge in [-0.3, -0.25) is 4.72 Å². The van der Waals surface area contributed by atoms with E-state index in [1.165, 1.54) is 12.3 Å². The first-order valence-electron chi connectivity index (χ1n) is 5.58. The van der Waals surface area contributed by atoms with Gasteiger partial charge in [0.25, 0.3) is 0 Å². The molecule has 0 fully saturated rings. The molecule has 1 N–H and O–H groups in total. The first-order valence-corrected chi connectivity index (χ1v) is 7.61. The Bertz CT molecular complexity index is 647. The normalized spacial score (nSPS) is 11.2. The maximum absolute atomic E-state index is 11.9. The minimum absolute atomic E-state index is 0.00302. The molecule has 100 valence electrons. The zero-order chi connectivity index (χ0) is 13.7. The Labute approximate surface area is 116 Å². The number of aromatic nitrogens is 2. The molecule has 2 aromatic rings. The average molecular weight is 298 g/mol. The summed E-state index contributed by atoms with van der Waals surface area (Å²) in [4.78, 5) is 7.46. The van der Waals surface area contributed by atoms with Gasteiger partial charge in [0.05, 0.1) is 5.75 Å². The largest absolute Gasteiger partial charge is 0.267 e. The van der Waals surface area contributed by atoms with Crippen LogP contribution < -0.4 is 4.72 Å². The van der Waals surface area contributed by atoms with Crippen LogP contribution in [0.5, 0.6) is 0 Å². The first-order chi connectivity index (χ1) is 9.05. The van der Waals surface area contributed by atoms with Gasteiger partial charge in [-0.2, -0.15) is 4.98 Å². The van der Waals surface area contributed by atoms with E-state index in [2.05, 4.69) is 14.7 Å². The Morgan fingerprint density at radius 1 is 1.16 bits per heavy atom. The van der Waals surface area contributed by atoms with Crippen LogP contribution in [-0.2, 0) is 16.4 Å². The molecule has 0 spiro atoms. The van der Waals surface area contributed by atoms with Crippen LogP contribution in [0.1, 0.15) is 5.56 Å². The topological polar surface area (TPSA) is 72.0 Å². The van der Waals surface area contributed by atoms with E-state index in [9.17, 15) is 8.42 Å². The van der Waals surface area contributed by atoms with Gasteiger partial charge in [0.2, 0.25) is 15.3 Å². The van der Waals surface area contributed by atoms with Crippen LogP contribution in [0.2, 0.25) is 5.28 Å². The van der Waals surface area contributed by atoms with E-state index in [0.717, 1.165) is 5.56 Å². The molecule has 0 atom stereocenters. The molecular weight excluding hydrogens is 286 g/mol. The molecule has 1 heterocycles. The number of aryl methyl sites for hydroxylation is 1. The van der Waals surface area contributed by atoms with E-state index >= 15 is 0 Å². The molecule has 5 nitrogen and oxygen atoms in total. The molecule has 0 radical (unpaired) electrons. The van der Waals surface area contributed by atoms with E-state index in [-0.39, 0.29) is 16.9 Å². The number of sulfonamides is 1. The van der Waals surface area contributed by atoms with Crippen molar-refractivity contribution in [2.75, 3.05) is 10.5 Å². The summed E-state index contributed by atoms with van der Waals surface area (Å²) in [6.07, 6.45) is 1.83. The van der Waals surface area contributed by atoms with Crippen molar-refractivity contribution in [2.45, 2.75) is 6.42 Å². The van der Waals surface area contributed by atoms with Crippen LogP contribution in [-0.4, -0.2) is 24.1 Å². The zero-order valence-electron chi connectivity index (χ0n) is 9.95. The highest BCUT2D eigenvalue weighted by Crippen LogP contribution is 2.09. The van der Waals surface area contributed by atoms with Gasteiger partial charge in [-0.25, -0.2) is 13.4 Å². The zero-order valence-corrected chi connectivity index (χ0v) is 11.5. The summed E-state index contributed by atoms with van der Waals surface area (Å²) < 4.78 is 26.1. The summed E-state index contributed by atoms with van der Waals surface area (Å²) in [7, 11) is -3.45. The fourth-order valence-corrected chi connectivity index (χ4v) is 2.69. The lowest BCUT2D eigenvalue weighted by molar-refractivity contribution is 0.600. The third-order valence-electron chi connectivity index (χ3n) is 2.39. The highest BCUT2D eigenvalue weighted by Gasteiger charge is 2.11. The molecule has 0 unspecified atom stereocenters. The second kappa shape index (κ2) is 5.99. The lowest BCUT2D eigenvalue weighted by Gasteiger charge is -2.07. The molecule has 0 amide bonds. The van der Waals surface area contributed by atoms with Crippen molar-refractivity contribution in [3.63, 3.8) is 0 Å². The number of nitrogens with one attached hydrogen (secondary N) is 1. The number of anilines is 1. The quantitative estimate of drug-likeness (QED) is 0.858. The molecular formula is C12H12ClN3O2S. The second-order valence-corrected chi connectivity index (χ2v) is 6.05. The fraction of sp³-hybridized carbons (Fsp3) is 0.167. The predicted octanol–water partition coefficient (Wildman–Crippen LogP) is 2.11. The third kappa shape index (κ3) is 4.50. The summed E-state index contributed by atoms with van der Waals surface area (Å²) in [5.74, 6) is 0.159. The van der Waals surface area contributed by atoms with E-state index in [1.54, 1.807) is 0 Å². The predicted molar refractivity (Wildman–Crippen MR) is 74.6 cm³/mol. The smallest absolute Gasteiger partial charge is 0.234 e. The number of benzene rings is 1. The molecule has 0 aliphatic rings. The van der Waals surface area contributed by atoms with Gasteiger partial charge in [-0.15, -0.1) is 0 Å². The first kappa shape index (κ1) is 13.8. The molecule has 1 aromatic carbocycles. The van der Waals surface area contributed by atoms with Crippen molar-refractivity contribution in [3.05, 3.63) is 53.4 Å². The summed E-state index contributed by atoms with van der Waals surface area (Å²) in [6, 6.07) is 10.9. The molecule has 0 saturated carbocycles. The molecule has 0 aliphatic carbocycles. The van der Waals surface area contributed by atoms with Crippen LogP contribution >= 0.6 is 11.6 Å². The standard InChI is InChI=1S/C12H12ClN3O2S/c13-12-14-8-6-11(15-12)16-19(17,18)9-7-10-4-2-1-3-5-10/h1-6,8H,7,9H2,(H,14,15,16). The minimum Gasteiger partial charge on any atom is -0.267 e. The van der Waals surface area contributed by atoms with Gasteiger partial charge in [0, 0.05) is 6.20 Å². The summed E-state index contributed by atoms with van der Waals surface area (Å²) in [5, 5.41) is 0.00302. The Kier molecular flexibility index (Phi) is 4.34. The summed E-state index contributed by atoms with van der Waals surface area (Å²) in [6.45, 7) is 0. The number of rotatable bonds is 5. The van der Waals surface area contributed by atoms with E-state index in [1.807, 2.05) is 30.3 Å². The molecule has 19 heavy (non-hydrogen) atoms. The molecule has 7 heteroatoms. The Balaban J connectivity index is 1.99. The Morgan fingerprint density at radius 2 is 1.89 bits per heavy atom. The van der Waals surface area contributed by atoms with Crippen LogP contribution in [0.3, 0.4) is 0 Å². The van der Waals surface area contributed by atoms with Gasteiger partial charge in [-0.05, 0) is 29.7 Å². The summed E-state index contributed by atoms with van der Waals surface area (Å²) in [5.41, 5.74) is 0.966. The van der Waals surface area contributed by atoms with Crippen LogP contribution in [0.4, 0.5) is 5.82 Å². The highest BCUT2D eigenvalue weighted by molar-refractivity contribution is 7.92. The van der Waals surface area contributed by atoms with Crippen molar-refractivity contribution >= 4 is 27.4 Å². The maximum atomic E-state index is 11.9. The molecule has 1 aromatic heterocycles. The van der Waals surface area contributed by atoms with Crippen molar-refractivity contribution in [1.29, 1.82) is 0 Å². The van der Waals surface area contributed by atoms with Gasteiger partial charge in [-0.1, -0.05) is 30.3 Å². The molecule has 2 rings (SSSR count). The van der Waals surface area contributed by atoms with Crippen molar-refractivity contribution < 1.29 is 8.42 Å². The Hall–Kier alpha value is -1.66. The number of nitrogens with zero attached hydrogens (tertiary/aromatic N) is 2. The molecule has 0 aliphatic heterocycles. The van der Waals surface area contributed by atoms with Gasteiger partial charge >= 0.3 is 0 Å². The van der Waals surface area contributed by atoms with Gasteiger partial charge in [0.1, 0.15) is 5.82 Å². The Morgan fingerprint density at radius 3 is 2.58 bits per heavy atom. The van der Waals surface area contributed by atoms with Crippen LogP contribution in [0, 0.1) is 0 Å². The monoisotopic (exact) mass is 297 g/mol. The van der Waals surface area contributed by atoms with E-state index in [4.69, 9.17) is 11.6 Å². The number of halogens is 1. The summed E-state index contributed by atoms with van der Waals surface area (Å²) >= 11 is 5.59. The second-order valence-electron chi connectivity index (χ2n) is 3.87. The molecule has 0 saturated heterocycles. The SMILES string of the molecule is O=S(=O)(CCc1ccccc1)Nc1ccnc(Cl)n1. The van der Waals surface area contributed by atoms with E-state index < -0.39 is 10.0 Å². The highest BCUT2D eigenvalue weighted by atomic mass is 35.5. The lowest BCUT2D eigenvalue weighted by atomic mass is 10.2. The maximum Gasteiger partial charge on any atom is 0.234 e. The number of hydrogen-bond donors (Lipinski definition) is 1. The minimum atomic E-state index is -3.45. The van der Waals surface area contributed by atoms with Crippen LogP contribution in [0.25, 0.3) is 0 Å². The third-order valence-corrected chi connectivity index (χ3v) is 3.83. The number of hydrogen-bond acceptors (Lipinski definition) is 4. The lowest BCUT2D eigenvalue weighted by Crippen LogP contribution is -2.19. The van der Waals surface area contributed by atoms with Crippen molar-refractivity contribution in [2.24, 2.45) is 0 Å². The average Bonchev–Trinajstić information content (AvgIpc) is 2.37. The van der Waals surface area contributed by atoms with E-state index in [0.29, 0.717) is 6.42 Å². The van der Waals surface area contributed by atoms with Gasteiger partial charge < -0.3 is 0 Å². The van der Waals surface area contributed by atoms with Gasteiger partial charge in [0.15, 0.2) is 0 Å².